The van der Waals surface area contributed by atoms with Crippen molar-refractivity contribution >= 4 is 11.7 Å². The summed E-state index contributed by atoms with van der Waals surface area (Å²) < 4.78 is 5.50. The first kappa shape index (κ1) is 13.9. The Balaban J connectivity index is 1.52. The molecule has 0 radical (unpaired) electrons. The first-order valence-electron chi connectivity index (χ1n) is 6.93. The first-order valence-corrected chi connectivity index (χ1v) is 6.93. The van der Waals surface area contributed by atoms with Gasteiger partial charge in [-0.1, -0.05) is 17.7 Å². The Bertz CT molecular complexity index is 399. The highest BCUT2D eigenvalue weighted by Gasteiger charge is 2.20. The zero-order chi connectivity index (χ0) is 13.5. The Hall–Kier alpha value is -1.55. The molecule has 4 heteroatoms. The maximum absolute atomic E-state index is 11.6. The van der Waals surface area contributed by atoms with E-state index in [0.29, 0.717) is 6.54 Å². The molecule has 0 spiro atoms. The van der Waals surface area contributed by atoms with Gasteiger partial charge in [0.15, 0.2) is 0 Å². The normalized spacial score (nSPS) is 14.2. The van der Waals surface area contributed by atoms with Gasteiger partial charge < -0.3 is 15.4 Å². The molecule has 0 bridgehead atoms. The van der Waals surface area contributed by atoms with E-state index in [9.17, 15) is 4.79 Å². The zero-order valence-corrected chi connectivity index (χ0v) is 11.4. The Morgan fingerprint density at radius 2 is 2.05 bits per heavy atom. The van der Waals surface area contributed by atoms with E-state index in [1.807, 2.05) is 31.2 Å². The van der Waals surface area contributed by atoms with Crippen molar-refractivity contribution in [3.63, 3.8) is 0 Å². The van der Waals surface area contributed by atoms with E-state index in [4.69, 9.17) is 4.74 Å². The molecule has 1 fully saturated rings. The molecule has 0 atom stereocenters. The molecule has 2 N–H and O–H groups in total. The minimum absolute atomic E-state index is 0.161. The second-order valence-corrected chi connectivity index (χ2v) is 5.12. The molecule has 0 unspecified atom stereocenters. The highest BCUT2D eigenvalue weighted by molar-refractivity contribution is 5.89. The van der Waals surface area contributed by atoms with Gasteiger partial charge in [-0.2, -0.15) is 0 Å². The lowest BCUT2D eigenvalue weighted by molar-refractivity contribution is 0.122. The Morgan fingerprint density at radius 1 is 1.32 bits per heavy atom. The minimum Gasteiger partial charge on any atom is -0.381 e. The smallest absolute Gasteiger partial charge is 0.319 e. The summed E-state index contributed by atoms with van der Waals surface area (Å²) >= 11 is 0. The van der Waals surface area contributed by atoms with E-state index in [1.54, 1.807) is 0 Å². The molecular weight excluding hydrogens is 240 g/mol. The first-order chi connectivity index (χ1) is 9.24. The maximum Gasteiger partial charge on any atom is 0.319 e. The molecule has 1 aromatic carbocycles. The van der Waals surface area contributed by atoms with Crippen LogP contribution in [-0.2, 0) is 4.74 Å². The van der Waals surface area contributed by atoms with Gasteiger partial charge in [0.2, 0.25) is 0 Å². The molecule has 19 heavy (non-hydrogen) atoms. The number of carbonyl (C=O) groups is 1. The summed E-state index contributed by atoms with van der Waals surface area (Å²) in [6, 6.07) is 7.58. The topological polar surface area (TPSA) is 50.4 Å². The lowest BCUT2D eigenvalue weighted by atomic mass is 10.2. The Kier molecular flexibility index (Phi) is 5.21. The van der Waals surface area contributed by atoms with Gasteiger partial charge in [0, 0.05) is 25.4 Å². The van der Waals surface area contributed by atoms with Crippen molar-refractivity contribution < 1.29 is 9.53 Å². The maximum atomic E-state index is 11.6. The van der Waals surface area contributed by atoms with Crippen LogP contribution in [0.1, 0.15) is 24.8 Å². The Morgan fingerprint density at radius 3 is 2.74 bits per heavy atom. The van der Waals surface area contributed by atoms with Gasteiger partial charge in [0.1, 0.15) is 0 Å². The lowest BCUT2D eigenvalue weighted by Gasteiger charge is -2.08. The fraction of sp³-hybridized carbons (Fsp3) is 0.533. The standard InChI is InChI=1S/C15H22N2O2/c1-12-3-7-14(8-4-12)17-15(18)16-9-2-10-19-11-13-5-6-13/h3-4,7-8,13H,2,5-6,9-11H2,1H3,(H2,16,17,18). The molecule has 2 amide bonds. The average molecular weight is 262 g/mol. The van der Waals surface area contributed by atoms with Gasteiger partial charge in [0.05, 0.1) is 0 Å². The molecule has 104 valence electrons. The van der Waals surface area contributed by atoms with E-state index in [0.717, 1.165) is 31.2 Å². The zero-order valence-electron chi connectivity index (χ0n) is 11.4. The number of amides is 2. The van der Waals surface area contributed by atoms with Crippen LogP contribution in [-0.4, -0.2) is 25.8 Å². The van der Waals surface area contributed by atoms with Crippen LogP contribution < -0.4 is 10.6 Å². The van der Waals surface area contributed by atoms with Gasteiger partial charge in [0.25, 0.3) is 0 Å². The molecule has 1 saturated carbocycles. The summed E-state index contributed by atoms with van der Waals surface area (Å²) in [6.45, 7) is 4.27. The van der Waals surface area contributed by atoms with Gasteiger partial charge in [-0.3, -0.25) is 0 Å². The summed E-state index contributed by atoms with van der Waals surface area (Å²) in [5, 5.41) is 5.62. The monoisotopic (exact) mass is 262 g/mol. The van der Waals surface area contributed by atoms with E-state index in [2.05, 4.69) is 10.6 Å². The van der Waals surface area contributed by atoms with E-state index >= 15 is 0 Å². The molecule has 0 saturated heterocycles. The third-order valence-corrected chi connectivity index (χ3v) is 3.11. The lowest BCUT2D eigenvalue weighted by Crippen LogP contribution is -2.30. The SMILES string of the molecule is Cc1ccc(NC(=O)NCCCOCC2CC2)cc1. The number of carbonyl (C=O) groups excluding carboxylic acids is 1. The van der Waals surface area contributed by atoms with Crippen LogP contribution in [0.3, 0.4) is 0 Å². The van der Waals surface area contributed by atoms with Gasteiger partial charge >= 0.3 is 6.03 Å². The number of urea groups is 1. The third-order valence-electron chi connectivity index (χ3n) is 3.11. The number of benzene rings is 1. The second kappa shape index (κ2) is 7.14. The number of anilines is 1. The Labute approximate surface area is 114 Å². The highest BCUT2D eigenvalue weighted by atomic mass is 16.5. The summed E-state index contributed by atoms with van der Waals surface area (Å²) in [4.78, 5) is 11.6. The summed E-state index contributed by atoms with van der Waals surface area (Å²) in [7, 11) is 0. The van der Waals surface area contributed by atoms with E-state index in [1.165, 1.54) is 18.4 Å². The minimum atomic E-state index is -0.161. The predicted octanol–water partition coefficient (Wildman–Crippen LogP) is 2.93. The fourth-order valence-corrected chi connectivity index (χ4v) is 1.72. The average Bonchev–Trinajstić information content (AvgIpc) is 3.20. The van der Waals surface area contributed by atoms with Crippen molar-refractivity contribution in [3.05, 3.63) is 29.8 Å². The van der Waals surface area contributed by atoms with E-state index in [-0.39, 0.29) is 6.03 Å². The number of nitrogens with one attached hydrogen (secondary N) is 2. The molecular formula is C15H22N2O2. The molecule has 0 aliphatic heterocycles. The second-order valence-electron chi connectivity index (χ2n) is 5.12. The number of aryl methyl sites for hydroxylation is 1. The summed E-state index contributed by atoms with van der Waals surface area (Å²) in [5.74, 6) is 0.804. The molecule has 0 aromatic heterocycles. The van der Waals surface area contributed by atoms with Crippen LogP contribution >= 0.6 is 0 Å². The predicted molar refractivity (Wildman–Crippen MR) is 76.4 cm³/mol. The summed E-state index contributed by atoms with van der Waals surface area (Å²) in [6.07, 6.45) is 3.49. The summed E-state index contributed by atoms with van der Waals surface area (Å²) in [5.41, 5.74) is 1.99. The fourth-order valence-electron chi connectivity index (χ4n) is 1.72. The van der Waals surface area contributed by atoms with Crippen molar-refractivity contribution in [1.29, 1.82) is 0 Å². The van der Waals surface area contributed by atoms with Crippen LogP contribution in [0.15, 0.2) is 24.3 Å². The number of ether oxygens (including phenoxy) is 1. The molecule has 1 aliphatic carbocycles. The number of hydrogen-bond donors (Lipinski definition) is 2. The van der Waals surface area contributed by atoms with Gasteiger partial charge in [-0.05, 0) is 44.2 Å². The van der Waals surface area contributed by atoms with Crippen LogP contribution in [0.25, 0.3) is 0 Å². The number of hydrogen-bond acceptors (Lipinski definition) is 2. The van der Waals surface area contributed by atoms with Crippen LogP contribution in [0.2, 0.25) is 0 Å². The van der Waals surface area contributed by atoms with Crippen molar-refractivity contribution in [2.75, 3.05) is 25.1 Å². The van der Waals surface area contributed by atoms with Crippen molar-refractivity contribution in [2.24, 2.45) is 5.92 Å². The third kappa shape index (κ3) is 5.75. The largest absolute Gasteiger partial charge is 0.381 e. The number of rotatable bonds is 7. The van der Waals surface area contributed by atoms with E-state index < -0.39 is 0 Å². The molecule has 0 heterocycles. The molecule has 4 nitrogen and oxygen atoms in total. The quantitative estimate of drug-likeness (QED) is 0.742. The van der Waals surface area contributed by atoms with Gasteiger partial charge in [-0.25, -0.2) is 4.79 Å². The molecule has 1 aliphatic rings. The van der Waals surface area contributed by atoms with Crippen LogP contribution in [0.4, 0.5) is 10.5 Å². The van der Waals surface area contributed by atoms with Crippen molar-refractivity contribution in [2.45, 2.75) is 26.2 Å². The van der Waals surface area contributed by atoms with Crippen molar-refractivity contribution in [3.8, 4) is 0 Å². The molecule has 1 aromatic rings. The van der Waals surface area contributed by atoms with Crippen LogP contribution in [0.5, 0.6) is 0 Å². The van der Waals surface area contributed by atoms with Gasteiger partial charge in [-0.15, -0.1) is 0 Å². The van der Waals surface area contributed by atoms with Crippen molar-refractivity contribution in [1.82, 2.24) is 5.32 Å². The highest BCUT2D eigenvalue weighted by Crippen LogP contribution is 2.28. The molecule has 2 rings (SSSR count). The van der Waals surface area contributed by atoms with Crippen LogP contribution in [0, 0.1) is 12.8 Å².